The Morgan fingerprint density at radius 2 is 2.00 bits per heavy atom. The molecule has 0 atom stereocenters. The molecule has 5 heteroatoms. The normalized spacial score (nSPS) is 11.7. The minimum absolute atomic E-state index is 0.0961. The van der Waals surface area contributed by atoms with Crippen molar-refractivity contribution in [3.63, 3.8) is 0 Å². The third kappa shape index (κ3) is 7.69. The lowest BCUT2D eigenvalue weighted by molar-refractivity contribution is -0.884. The number of rotatable bonds is 6. The van der Waals surface area contributed by atoms with E-state index in [0.29, 0.717) is 6.54 Å². The maximum absolute atomic E-state index is 10.9. The average molecular weight is 215 g/mol. The molecule has 0 aliphatic rings. The number of carbonyl (C=O) groups is 2. The van der Waals surface area contributed by atoms with Crippen LogP contribution in [0.4, 0.5) is 0 Å². The van der Waals surface area contributed by atoms with Gasteiger partial charge < -0.3 is 19.1 Å². The molecule has 0 aromatic rings. The number of hydrogen-bond donors (Lipinski definition) is 0. The number of ether oxygens (including phenoxy) is 1. The summed E-state index contributed by atoms with van der Waals surface area (Å²) in [7, 11) is 3.47. The third-order valence-corrected chi connectivity index (χ3v) is 1.80. The van der Waals surface area contributed by atoms with E-state index < -0.39 is 11.9 Å². The van der Waals surface area contributed by atoms with Crippen molar-refractivity contribution in [1.29, 1.82) is 0 Å². The van der Waals surface area contributed by atoms with Crippen LogP contribution in [-0.2, 0) is 14.3 Å². The summed E-state index contributed by atoms with van der Waals surface area (Å²) in [6.45, 7) is 2.26. The van der Waals surface area contributed by atoms with Crippen molar-refractivity contribution in [2.75, 3.05) is 33.8 Å². The van der Waals surface area contributed by atoms with Crippen molar-refractivity contribution in [3.8, 4) is 0 Å². The van der Waals surface area contributed by atoms with E-state index in [2.05, 4.69) is 0 Å². The van der Waals surface area contributed by atoms with E-state index in [9.17, 15) is 14.7 Å². The van der Waals surface area contributed by atoms with Crippen molar-refractivity contribution in [2.45, 2.75) is 6.92 Å². The maximum atomic E-state index is 10.9. The van der Waals surface area contributed by atoms with Crippen molar-refractivity contribution in [2.24, 2.45) is 0 Å². The number of likely N-dealkylation sites (N-methyl/N-ethyl adjacent to an activating group) is 1. The fourth-order valence-corrected chi connectivity index (χ4v) is 1.01. The number of allylic oxidation sites excluding steroid dienone is 1. The van der Waals surface area contributed by atoms with Crippen molar-refractivity contribution >= 4 is 11.9 Å². The number of quaternary nitrogens is 1. The summed E-state index contributed by atoms with van der Waals surface area (Å²) in [4.78, 5) is 21.3. The second-order valence-corrected chi connectivity index (χ2v) is 3.86. The van der Waals surface area contributed by atoms with Gasteiger partial charge in [0.2, 0.25) is 0 Å². The van der Waals surface area contributed by atoms with Gasteiger partial charge in [0.05, 0.1) is 20.1 Å². The minimum atomic E-state index is -1.11. The molecule has 0 heterocycles. The quantitative estimate of drug-likeness (QED) is 0.321. The van der Waals surface area contributed by atoms with Crippen LogP contribution in [0.5, 0.6) is 0 Å². The first-order chi connectivity index (χ1) is 6.87. The number of aliphatic carboxylic acids is 1. The van der Waals surface area contributed by atoms with Gasteiger partial charge in [0.15, 0.2) is 0 Å². The number of nitrogens with zero attached hydrogens (tertiary/aromatic N) is 1. The molecule has 0 bridgehead atoms. The molecule has 0 amide bonds. The Hall–Kier alpha value is -1.36. The largest absolute Gasteiger partial charge is 0.544 e. The fourth-order valence-electron chi connectivity index (χ4n) is 1.01. The SMILES string of the molecule is CC=CC(=O)OCC[N+](C)(C)CC(=O)[O-]. The van der Waals surface area contributed by atoms with Crippen LogP contribution in [-0.4, -0.2) is 50.2 Å². The first kappa shape index (κ1) is 13.6. The van der Waals surface area contributed by atoms with E-state index in [1.807, 2.05) is 0 Å². The minimum Gasteiger partial charge on any atom is -0.544 e. The van der Waals surface area contributed by atoms with E-state index in [-0.39, 0.29) is 17.6 Å². The van der Waals surface area contributed by atoms with Crippen LogP contribution in [0.15, 0.2) is 12.2 Å². The van der Waals surface area contributed by atoms with Gasteiger partial charge in [-0.25, -0.2) is 4.79 Å². The Bertz CT molecular complexity index is 258. The van der Waals surface area contributed by atoms with Crippen LogP contribution < -0.4 is 5.11 Å². The summed E-state index contributed by atoms with van der Waals surface area (Å²) >= 11 is 0. The molecule has 86 valence electrons. The van der Waals surface area contributed by atoms with Gasteiger partial charge in [-0.1, -0.05) is 6.08 Å². The first-order valence-corrected chi connectivity index (χ1v) is 4.68. The van der Waals surface area contributed by atoms with Gasteiger partial charge in [-0.2, -0.15) is 0 Å². The van der Waals surface area contributed by atoms with Gasteiger partial charge in [0, 0.05) is 6.08 Å². The van der Waals surface area contributed by atoms with Gasteiger partial charge in [-0.3, -0.25) is 0 Å². The highest BCUT2D eigenvalue weighted by Crippen LogP contribution is 1.95. The number of carbonyl (C=O) groups excluding carboxylic acids is 2. The molecule has 0 fully saturated rings. The standard InChI is InChI=1S/C10H17NO4/c1-4-5-10(14)15-7-6-11(2,3)8-9(12)13/h4-5H,6-8H2,1-3H3. The molecule has 0 aromatic heterocycles. The molecule has 5 nitrogen and oxygen atoms in total. The second-order valence-electron chi connectivity index (χ2n) is 3.86. The van der Waals surface area contributed by atoms with Gasteiger partial charge in [0.25, 0.3) is 0 Å². The van der Waals surface area contributed by atoms with Crippen molar-refractivity contribution in [1.82, 2.24) is 0 Å². The zero-order valence-electron chi connectivity index (χ0n) is 9.36. The predicted octanol–water partition coefficient (Wildman–Crippen LogP) is -1.07. The topological polar surface area (TPSA) is 66.4 Å². The lowest BCUT2D eigenvalue weighted by Gasteiger charge is -2.29. The highest BCUT2D eigenvalue weighted by molar-refractivity contribution is 5.81. The molecule has 0 radical (unpaired) electrons. The molecule has 0 saturated carbocycles. The van der Waals surface area contributed by atoms with E-state index in [1.54, 1.807) is 27.1 Å². The second kappa shape index (κ2) is 6.19. The Labute approximate surface area is 89.5 Å². The van der Waals surface area contributed by atoms with Gasteiger partial charge in [-0.05, 0) is 6.92 Å². The molecular weight excluding hydrogens is 198 g/mol. The summed E-state index contributed by atoms with van der Waals surface area (Å²) in [5, 5.41) is 10.4. The number of carboxylic acids is 1. The third-order valence-electron chi connectivity index (χ3n) is 1.80. The van der Waals surface area contributed by atoms with Crippen LogP contribution in [0.2, 0.25) is 0 Å². The lowest BCUT2D eigenvalue weighted by Crippen LogP contribution is -2.49. The molecule has 0 aliphatic heterocycles. The number of hydrogen-bond acceptors (Lipinski definition) is 4. The average Bonchev–Trinajstić information content (AvgIpc) is 2.01. The van der Waals surface area contributed by atoms with Crippen LogP contribution >= 0.6 is 0 Å². The van der Waals surface area contributed by atoms with Gasteiger partial charge in [0.1, 0.15) is 19.7 Å². The molecule has 15 heavy (non-hydrogen) atoms. The summed E-state index contributed by atoms with van der Waals surface area (Å²) in [6, 6.07) is 0. The highest BCUT2D eigenvalue weighted by atomic mass is 16.5. The maximum Gasteiger partial charge on any atom is 0.330 e. The summed E-state index contributed by atoms with van der Waals surface area (Å²) < 4.78 is 5.07. The van der Waals surface area contributed by atoms with E-state index in [0.717, 1.165) is 0 Å². The van der Waals surface area contributed by atoms with Crippen LogP contribution in [0.3, 0.4) is 0 Å². The molecule has 0 unspecified atom stereocenters. The lowest BCUT2D eigenvalue weighted by atomic mass is 10.4. The Kier molecular flexibility index (Phi) is 5.62. The molecular formula is C10H17NO4. The first-order valence-electron chi connectivity index (χ1n) is 4.68. The van der Waals surface area contributed by atoms with Crippen LogP contribution in [0.1, 0.15) is 6.92 Å². The number of carboxylic acid groups (broad SMARTS) is 1. The smallest absolute Gasteiger partial charge is 0.330 e. The van der Waals surface area contributed by atoms with Crippen LogP contribution in [0, 0.1) is 0 Å². The molecule has 0 N–H and O–H groups in total. The molecule has 0 rings (SSSR count). The molecule has 0 spiro atoms. The summed E-state index contributed by atoms with van der Waals surface area (Å²) in [5.74, 6) is -1.52. The summed E-state index contributed by atoms with van der Waals surface area (Å²) in [6.07, 6.45) is 2.91. The highest BCUT2D eigenvalue weighted by Gasteiger charge is 2.15. The van der Waals surface area contributed by atoms with Crippen LogP contribution in [0.25, 0.3) is 0 Å². The fraction of sp³-hybridized carbons (Fsp3) is 0.600. The van der Waals surface area contributed by atoms with E-state index in [1.165, 1.54) is 6.08 Å². The number of esters is 1. The molecule has 0 saturated heterocycles. The predicted molar refractivity (Wildman–Crippen MR) is 52.6 cm³/mol. The zero-order valence-corrected chi connectivity index (χ0v) is 9.36. The Morgan fingerprint density at radius 1 is 1.40 bits per heavy atom. The van der Waals surface area contributed by atoms with Crippen molar-refractivity contribution in [3.05, 3.63) is 12.2 Å². The Morgan fingerprint density at radius 3 is 2.47 bits per heavy atom. The summed E-state index contributed by atoms with van der Waals surface area (Å²) in [5.41, 5.74) is 0. The Balaban J connectivity index is 3.84. The molecule has 0 aliphatic carbocycles. The van der Waals surface area contributed by atoms with E-state index in [4.69, 9.17) is 4.74 Å². The zero-order chi connectivity index (χ0) is 11.9. The molecule has 0 aromatic carbocycles. The van der Waals surface area contributed by atoms with E-state index >= 15 is 0 Å². The van der Waals surface area contributed by atoms with Crippen molar-refractivity contribution < 1.29 is 23.9 Å². The monoisotopic (exact) mass is 215 g/mol. The van der Waals surface area contributed by atoms with Gasteiger partial charge >= 0.3 is 5.97 Å². The van der Waals surface area contributed by atoms with Gasteiger partial charge in [-0.15, -0.1) is 0 Å².